The number of hydrogen-bond donors (Lipinski definition) is 3. The van der Waals surface area contributed by atoms with Gasteiger partial charge in [0.1, 0.15) is 5.82 Å². The van der Waals surface area contributed by atoms with Crippen LogP contribution >= 0.6 is 0 Å². The van der Waals surface area contributed by atoms with Gasteiger partial charge in [0.15, 0.2) is 0 Å². The number of nitrogens with two attached hydrogens (primary N) is 1. The van der Waals surface area contributed by atoms with Crippen LogP contribution in [0.25, 0.3) is 0 Å². The van der Waals surface area contributed by atoms with Gasteiger partial charge in [-0.1, -0.05) is 12.1 Å². The summed E-state index contributed by atoms with van der Waals surface area (Å²) in [5.74, 6) is -2.14. The van der Waals surface area contributed by atoms with E-state index in [1.807, 2.05) is 0 Å². The van der Waals surface area contributed by atoms with Crippen molar-refractivity contribution in [3.8, 4) is 0 Å². The molecule has 0 saturated heterocycles. The van der Waals surface area contributed by atoms with Gasteiger partial charge in [0.05, 0.1) is 21.8 Å². The zero-order chi connectivity index (χ0) is 20.2. The normalized spacial score (nSPS) is 11.9. The van der Waals surface area contributed by atoms with Crippen molar-refractivity contribution < 1.29 is 30.8 Å². The number of benzene rings is 2. The second kappa shape index (κ2) is 7.82. The molecular formula is C16H15F4N3O3S. The summed E-state index contributed by atoms with van der Waals surface area (Å²) in [6.45, 7) is 0.128. The van der Waals surface area contributed by atoms with Crippen LogP contribution in [0, 0.1) is 5.82 Å². The lowest BCUT2D eigenvalue weighted by atomic mass is 10.2. The van der Waals surface area contributed by atoms with Gasteiger partial charge in [0, 0.05) is 13.0 Å². The summed E-state index contributed by atoms with van der Waals surface area (Å²) < 4.78 is 78.8. The molecule has 27 heavy (non-hydrogen) atoms. The summed E-state index contributed by atoms with van der Waals surface area (Å²) in [6.07, 6.45) is -5.04. The molecule has 0 saturated carbocycles. The Hall–Kier alpha value is -2.82. The highest BCUT2D eigenvalue weighted by Crippen LogP contribution is 2.33. The number of para-hydroxylation sites is 2. The molecule has 0 aromatic heterocycles. The fourth-order valence-electron chi connectivity index (χ4n) is 2.14. The van der Waals surface area contributed by atoms with Crippen molar-refractivity contribution in [3.63, 3.8) is 0 Å². The van der Waals surface area contributed by atoms with E-state index in [0.29, 0.717) is 11.8 Å². The first kappa shape index (κ1) is 20.5. The van der Waals surface area contributed by atoms with Crippen molar-refractivity contribution >= 4 is 27.3 Å². The minimum absolute atomic E-state index is 0.00596. The fraction of sp³-hybridized carbons (Fsp3) is 0.188. The average molecular weight is 405 g/mol. The molecule has 1 amide bonds. The summed E-state index contributed by atoms with van der Waals surface area (Å²) in [4.78, 5) is 10.0. The Labute approximate surface area is 152 Å². The maximum atomic E-state index is 13.4. The lowest BCUT2D eigenvalue weighted by molar-refractivity contribution is -0.140. The molecule has 6 nitrogen and oxygen atoms in total. The number of carbonyl (C=O) groups excluding carboxylic acids is 1. The first-order valence-corrected chi connectivity index (χ1v) is 9.00. The maximum Gasteiger partial charge on any atom is 0.419 e. The molecule has 0 fully saturated rings. The number of anilines is 2. The molecule has 0 aliphatic carbocycles. The molecule has 2 aromatic carbocycles. The van der Waals surface area contributed by atoms with Crippen molar-refractivity contribution in [2.24, 2.45) is 5.73 Å². The van der Waals surface area contributed by atoms with E-state index in [9.17, 15) is 30.8 Å². The summed E-state index contributed by atoms with van der Waals surface area (Å²) >= 11 is 0. The van der Waals surface area contributed by atoms with E-state index in [2.05, 4.69) is 10.0 Å². The molecule has 4 N–H and O–H groups in total. The van der Waals surface area contributed by atoms with Gasteiger partial charge < -0.3 is 11.1 Å². The molecule has 11 heteroatoms. The smallest absolute Gasteiger partial charge is 0.383 e. The first-order valence-electron chi connectivity index (χ1n) is 7.51. The van der Waals surface area contributed by atoms with Crippen molar-refractivity contribution in [1.29, 1.82) is 0 Å². The van der Waals surface area contributed by atoms with Gasteiger partial charge in [0.2, 0.25) is 5.91 Å². The minimum Gasteiger partial charge on any atom is -0.383 e. The third kappa shape index (κ3) is 5.33. The van der Waals surface area contributed by atoms with E-state index in [1.165, 1.54) is 18.2 Å². The van der Waals surface area contributed by atoms with Gasteiger partial charge >= 0.3 is 6.18 Å². The lowest BCUT2D eigenvalue weighted by Crippen LogP contribution is -2.18. The van der Waals surface area contributed by atoms with Crippen molar-refractivity contribution in [1.82, 2.24) is 0 Å². The highest BCUT2D eigenvalue weighted by atomic mass is 32.2. The second-order valence-corrected chi connectivity index (χ2v) is 7.12. The van der Waals surface area contributed by atoms with Gasteiger partial charge in [-0.25, -0.2) is 12.8 Å². The Kier molecular flexibility index (Phi) is 5.94. The molecule has 0 heterocycles. The van der Waals surface area contributed by atoms with Crippen molar-refractivity contribution in [3.05, 3.63) is 53.8 Å². The lowest BCUT2D eigenvalue weighted by Gasteiger charge is -2.15. The van der Waals surface area contributed by atoms with Gasteiger partial charge in [-0.2, -0.15) is 13.2 Å². The van der Waals surface area contributed by atoms with Gasteiger partial charge in [0.25, 0.3) is 10.0 Å². The Bertz CT molecular complexity index is 946. The summed E-state index contributed by atoms with van der Waals surface area (Å²) in [5, 5.41) is 2.80. The van der Waals surface area contributed by atoms with Crippen LogP contribution in [0.15, 0.2) is 47.4 Å². The van der Waals surface area contributed by atoms with E-state index in [0.717, 1.165) is 6.07 Å². The van der Waals surface area contributed by atoms with Crippen LogP contribution in [0.5, 0.6) is 0 Å². The van der Waals surface area contributed by atoms with Crippen LogP contribution in [0.1, 0.15) is 12.0 Å². The zero-order valence-corrected chi connectivity index (χ0v) is 14.5. The number of primary amides is 1. The summed E-state index contributed by atoms with van der Waals surface area (Å²) in [5.41, 5.74) is 3.67. The number of nitrogens with one attached hydrogen (secondary N) is 2. The SMILES string of the molecule is NC(=O)CCNc1ccccc1NS(=O)(=O)c1ccc(F)c(C(F)(F)F)c1. The molecule has 0 atom stereocenters. The molecule has 0 aliphatic rings. The van der Waals surface area contributed by atoms with E-state index in [1.54, 1.807) is 6.07 Å². The van der Waals surface area contributed by atoms with E-state index in [4.69, 9.17) is 5.73 Å². The third-order valence-electron chi connectivity index (χ3n) is 3.41. The van der Waals surface area contributed by atoms with Gasteiger partial charge in [-0.3, -0.25) is 9.52 Å². The fourth-order valence-corrected chi connectivity index (χ4v) is 3.24. The minimum atomic E-state index is -5.04. The van der Waals surface area contributed by atoms with Gasteiger partial charge in [-0.05, 0) is 30.3 Å². The Balaban J connectivity index is 2.31. The average Bonchev–Trinajstić information content (AvgIpc) is 2.55. The van der Waals surface area contributed by atoms with Crippen LogP contribution in [0.3, 0.4) is 0 Å². The Morgan fingerprint density at radius 3 is 2.30 bits per heavy atom. The second-order valence-electron chi connectivity index (χ2n) is 5.43. The summed E-state index contributed by atoms with van der Waals surface area (Å²) in [7, 11) is -4.43. The monoisotopic (exact) mass is 405 g/mol. The number of amides is 1. The number of rotatable bonds is 7. The van der Waals surface area contributed by atoms with Crippen molar-refractivity contribution in [2.75, 3.05) is 16.6 Å². The topological polar surface area (TPSA) is 101 Å². The van der Waals surface area contributed by atoms with Crippen LogP contribution in [-0.2, 0) is 21.0 Å². The van der Waals surface area contributed by atoms with E-state index < -0.39 is 38.4 Å². The zero-order valence-electron chi connectivity index (χ0n) is 13.7. The number of hydrogen-bond acceptors (Lipinski definition) is 4. The molecule has 0 radical (unpaired) electrons. The maximum absolute atomic E-state index is 13.4. The van der Waals surface area contributed by atoms with Gasteiger partial charge in [-0.15, -0.1) is 0 Å². The number of halogens is 4. The highest BCUT2D eigenvalue weighted by Gasteiger charge is 2.35. The molecule has 2 aromatic rings. The molecule has 2 rings (SSSR count). The number of sulfonamides is 1. The van der Waals surface area contributed by atoms with Crippen LogP contribution in [-0.4, -0.2) is 20.9 Å². The van der Waals surface area contributed by atoms with Crippen LogP contribution in [0.4, 0.5) is 28.9 Å². The van der Waals surface area contributed by atoms with Crippen molar-refractivity contribution in [2.45, 2.75) is 17.5 Å². The van der Waals surface area contributed by atoms with E-state index in [-0.39, 0.29) is 24.7 Å². The quantitative estimate of drug-likeness (QED) is 0.617. The van der Waals surface area contributed by atoms with Crippen LogP contribution < -0.4 is 15.8 Å². The predicted octanol–water partition coefficient (Wildman–Crippen LogP) is 2.93. The van der Waals surface area contributed by atoms with E-state index >= 15 is 0 Å². The number of alkyl halides is 3. The Morgan fingerprint density at radius 1 is 1.07 bits per heavy atom. The predicted molar refractivity (Wildman–Crippen MR) is 91.0 cm³/mol. The molecule has 0 unspecified atom stereocenters. The molecule has 146 valence electrons. The highest BCUT2D eigenvalue weighted by molar-refractivity contribution is 7.92. The largest absolute Gasteiger partial charge is 0.419 e. The first-order chi connectivity index (χ1) is 12.5. The van der Waals surface area contributed by atoms with Crippen LogP contribution in [0.2, 0.25) is 0 Å². The number of carbonyl (C=O) groups is 1. The molecule has 0 aliphatic heterocycles. The third-order valence-corrected chi connectivity index (χ3v) is 4.77. The molecule has 0 bridgehead atoms. The standard InChI is InChI=1S/C16H15F4N3O3S/c17-12-6-5-10(9-11(12)16(18,19)20)27(25,26)23-14-4-2-1-3-13(14)22-8-7-15(21)24/h1-6,9,22-23H,7-8H2,(H2,21,24). The molecule has 0 spiro atoms. The molecular weight excluding hydrogens is 390 g/mol. The Morgan fingerprint density at radius 2 is 1.70 bits per heavy atom. The summed E-state index contributed by atoms with van der Waals surface area (Å²) in [6, 6.07) is 7.36.